The van der Waals surface area contributed by atoms with Crippen molar-refractivity contribution in [2.45, 2.75) is 0 Å². The highest BCUT2D eigenvalue weighted by Crippen LogP contribution is 1.96. The highest BCUT2D eigenvalue weighted by molar-refractivity contribution is 5.90. The van der Waals surface area contributed by atoms with Gasteiger partial charge in [0.25, 0.3) is 0 Å². The van der Waals surface area contributed by atoms with Crippen LogP contribution in [-0.2, 0) is 4.79 Å². The molecule has 2 rings (SSSR count). The number of carbonyl (C=O) groups is 1. The Labute approximate surface area is 119 Å². The number of aromatic nitrogens is 2. The van der Waals surface area contributed by atoms with Gasteiger partial charge in [-0.15, -0.1) is 0 Å². The maximum absolute atomic E-state index is 11.8. The van der Waals surface area contributed by atoms with Crippen LogP contribution in [-0.4, -0.2) is 78.5 Å². The molecule has 0 bridgehead atoms. The number of likely N-dealkylation sites (N-methyl/N-ethyl adjacent to an activating group) is 1. The van der Waals surface area contributed by atoms with Crippen LogP contribution in [0.3, 0.4) is 0 Å². The van der Waals surface area contributed by atoms with Crippen LogP contribution in [0, 0.1) is 0 Å². The fourth-order valence-corrected chi connectivity index (χ4v) is 2.10. The van der Waals surface area contributed by atoms with Gasteiger partial charge in [0.1, 0.15) is 0 Å². The van der Waals surface area contributed by atoms with E-state index in [1.807, 2.05) is 11.9 Å². The fraction of sp³-hybridized carbons (Fsp3) is 0.615. The smallest absolute Gasteiger partial charge is 0.240 e. The Morgan fingerprint density at radius 1 is 1.40 bits per heavy atom. The minimum absolute atomic E-state index is 0.0842. The predicted molar refractivity (Wildman–Crippen MR) is 77.5 cm³/mol. The molecule has 0 spiro atoms. The molecule has 1 aliphatic rings. The first-order valence-corrected chi connectivity index (χ1v) is 6.92. The van der Waals surface area contributed by atoms with Gasteiger partial charge in [-0.1, -0.05) is 0 Å². The summed E-state index contributed by atoms with van der Waals surface area (Å²) in [4.78, 5) is 24.2. The molecule has 0 radical (unpaired) electrons. The van der Waals surface area contributed by atoms with Gasteiger partial charge in [-0.2, -0.15) is 0 Å². The quantitative estimate of drug-likeness (QED) is 0.713. The first-order valence-electron chi connectivity index (χ1n) is 6.92. The number of nitrogens with one attached hydrogen (secondary N) is 2. The van der Waals surface area contributed by atoms with Crippen LogP contribution in [0.2, 0.25) is 0 Å². The maximum Gasteiger partial charge on any atom is 0.240 e. The summed E-state index contributed by atoms with van der Waals surface area (Å²) in [6, 6.07) is 1.72. The molecule has 7 heteroatoms. The van der Waals surface area contributed by atoms with Gasteiger partial charge in [0, 0.05) is 51.7 Å². The molecule has 1 fully saturated rings. The highest BCUT2D eigenvalue weighted by Gasteiger charge is 2.12. The second kappa shape index (κ2) is 7.88. The lowest BCUT2D eigenvalue weighted by molar-refractivity contribution is -0.117. The Kier molecular flexibility index (Phi) is 5.85. The topological polar surface area (TPSA) is 73.4 Å². The van der Waals surface area contributed by atoms with Crippen LogP contribution in [0.4, 0.5) is 5.95 Å². The van der Waals surface area contributed by atoms with Gasteiger partial charge in [0.05, 0.1) is 6.54 Å². The zero-order chi connectivity index (χ0) is 14.2. The van der Waals surface area contributed by atoms with Crippen LogP contribution in [0.25, 0.3) is 0 Å². The average Bonchev–Trinajstić information content (AvgIpc) is 2.47. The maximum atomic E-state index is 11.8. The lowest BCUT2D eigenvalue weighted by Gasteiger charge is -2.28. The van der Waals surface area contributed by atoms with E-state index in [0.717, 1.165) is 39.3 Å². The van der Waals surface area contributed by atoms with E-state index in [0.29, 0.717) is 12.5 Å². The van der Waals surface area contributed by atoms with E-state index in [9.17, 15) is 4.79 Å². The molecule has 1 aromatic heterocycles. The Bertz CT molecular complexity index is 407. The van der Waals surface area contributed by atoms with E-state index in [1.54, 1.807) is 18.5 Å². The number of piperazine rings is 1. The molecule has 20 heavy (non-hydrogen) atoms. The summed E-state index contributed by atoms with van der Waals surface area (Å²) in [5.41, 5.74) is 0. The molecular weight excluding hydrogens is 256 g/mol. The molecule has 0 aliphatic carbocycles. The first-order chi connectivity index (χ1) is 9.74. The van der Waals surface area contributed by atoms with Crippen LogP contribution < -0.4 is 10.6 Å². The van der Waals surface area contributed by atoms with Crippen molar-refractivity contribution >= 4 is 11.9 Å². The van der Waals surface area contributed by atoms with Gasteiger partial charge in [0.15, 0.2) is 0 Å². The lowest BCUT2D eigenvalue weighted by Crippen LogP contribution is -2.46. The Hall–Kier alpha value is -1.57. The van der Waals surface area contributed by atoms with Crippen molar-refractivity contribution in [1.82, 2.24) is 25.1 Å². The van der Waals surface area contributed by atoms with E-state index >= 15 is 0 Å². The standard InChI is InChI=1S/C13H22N6O/c1-18(9-10-19-7-5-14-6-8-19)11-12(20)17-13-15-3-2-4-16-13/h2-4,14H,5-11H2,1H3,(H,15,16,17,20). The van der Waals surface area contributed by atoms with Gasteiger partial charge in [-0.05, 0) is 13.1 Å². The minimum atomic E-state index is -0.0842. The third-order valence-corrected chi connectivity index (χ3v) is 3.24. The van der Waals surface area contributed by atoms with Crippen molar-refractivity contribution in [3.05, 3.63) is 18.5 Å². The largest absolute Gasteiger partial charge is 0.314 e. The molecule has 1 aliphatic heterocycles. The summed E-state index contributed by atoms with van der Waals surface area (Å²) in [6.45, 7) is 6.49. The normalized spacial score (nSPS) is 16.3. The number of anilines is 1. The van der Waals surface area contributed by atoms with E-state index < -0.39 is 0 Å². The molecule has 0 unspecified atom stereocenters. The predicted octanol–water partition coefficient (Wildman–Crippen LogP) is -0.748. The van der Waals surface area contributed by atoms with E-state index in [1.165, 1.54) is 0 Å². The summed E-state index contributed by atoms with van der Waals surface area (Å²) in [6.07, 6.45) is 3.22. The van der Waals surface area contributed by atoms with Crippen LogP contribution in [0.5, 0.6) is 0 Å². The Morgan fingerprint density at radius 3 is 2.80 bits per heavy atom. The number of nitrogens with zero attached hydrogens (tertiary/aromatic N) is 4. The van der Waals surface area contributed by atoms with Gasteiger partial charge in [-0.3, -0.25) is 19.9 Å². The summed E-state index contributed by atoms with van der Waals surface area (Å²) < 4.78 is 0. The second-order valence-corrected chi connectivity index (χ2v) is 4.95. The van der Waals surface area contributed by atoms with Crippen molar-refractivity contribution in [2.24, 2.45) is 0 Å². The summed E-state index contributed by atoms with van der Waals surface area (Å²) in [5.74, 6) is 0.270. The molecule has 1 saturated heterocycles. The summed E-state index contributed by atoms with van der Waals surface area (Å²) in [7, 11) is 1.95. The van der Waals surface area contributed by atoms with Crippen LogP contribution in [0.15, 0.2) is 18.5 Å². The van der Waals surface area contributed by atoms with E-state index in [2.05, 4.69) is 25.5 Å². The van der Waals surface area contributed by atoms with Gasteiger partial charge in [0.2, 0.25) is 11.9 Å². The number of amides is 1. The highest BCUT2D eigenvalue weighted by atomic mass is 16.2. The van der Waals surface area contributed by atoms with Gasteiger partial charge in [-0.25, -0.2) is 9.97 Å². The second-order valence-electron chi connectivity index (χ2n) is 4.95. The van der Waals surface area contributed by atoms with Crippen molar-refractivity contribution < 1.29 is 4.79 Å². The van der Waals surface area contributed by atoms with Gasteiger partial charge < -0.3 is 5.32 Å². The SMILES string of the molecule is CN(CCN1CCNCC1)CC(=O)Nc1ncccn1. The first kappa shape index (κ1) is 14.8. The number of hydrogen-bond acceptors (Lipinski definition) is 6. The van der Waals surface area contributed by atoms with Crippen molar-refractivity contribution in [2.75, 3.05) is 58.2 Å². The Morgan fingerprint density at radius 2 is 2.10 bits per heavy atom. The average molecular weight is 278 g/mol. The van der Waals surface area contributed by atoms with Crippen molar-refractivity contribution in [1.29, 1.82) is 0 Å². The van der Waals surface area contributed by atoms with Crippen LogP contribution in [0.1, 0.15) is 0 Å². The molecule has 0 aromatic carbocycles. The minimum Gasteiger partial charge on any atom is -0.314 e. The number of rotatable bonds is 6. The molecular formula is C13H22N6O. The Balaban J connectivity index is 1.65. The monoisotopic (exact) mass is 278 g/mol. The van der Waals surface area contributed by atoms with E-state index in [-0.39, 0.29) is 5.91 Å². The zero-order valence-electron chi connectivity index (χ0n) is 11.9. The lowest BCUT2D eigenvalue weighted by atomic mass is 10.3. The summed E-state index contributed by atoms with van der Waals surface area (Å²) in [5, 5.41) is 6.01. The zero-order valence-corrected chi connectivity index (χ0v) is 11.9. The molecule has 2 N–H and O–H groups in total. The molecule has 0 saturated carbocycles. The summed E-state index contributed by atoms with van der Waals surface area (Å²) >= 11 is 0. The number of hydrogen-bond donors (Lipinski definition) is 2. The molecule has 0 atom stereocenters. The number of carbonyl (C=O) groups excluding carboxylic acids is 1. The fourth-order valence-electron chi connectivity index (χ4n) is 2.10. The molecule has 2 heterocycles. The van der Waals surface area contributed by atoms with E-state index in [4.69, 9.17) is 0 Å². The molecule has 1 aromatic rings. The third kappa shape index (κ3) is 5.20. The van der Waals surface area contributed by atoms with Gasteiger partial charge >= 0.3 is 0 Å². The molecule has 110 valence electrons. The van der Waals surface area contributed by atoms with Crippen molar-refractivity contribution in [3.8, 4) is 0 Å². The molecule has 1 amide bonds. The van der Waals surface area contributed by atoms with Crippen LogP contribution >= 0.6 is 0 Å². The van der Waals surface area contributed by atoms with Crippen molar-refractivity contribution in [3.63, 3.8) is 0 Å². The third-order valence-electron chi connectivity index (χ3n) is 3.24. The molecule has 7 nitrogen and oxygen atoms in total.